The fourth-order valence-electron chi connectivity index (χ4n) is 2.37. The molecule has 25 heavy (non-hydrogen) atoms. The molecule has 5 nitrogen and oxygen atoms in total. The Bertz CT molecular complexity index is 840. The van der Waals surface area contributed by atoms with Gasteiger partial charge in [0.15, 0.2) is 0 Å². The number of imidazole rings is 1. The molecule has 0 fully saturated rings. The van der Waals surface area contributed by atoms with Gasteiger partial charge in [0.1, 0.15) is 12.4 Å². The molecule has 1 N–H and O–H groups in total. The molecule has 0 spiro atoms. The van der Waals surface area contributed by atoms with Crippen LogP contribution in [0.5, 0.6) is 5.75 Å². The number of ether oxygens (including phenoxy) is 1. The average Bonchev–Trinajstić information content (AvgIpc) is 3.14. The van der Waals surface area contributed by atoms with Crippen LogP contribution in [0, 0.1) is 0 Å². The Morgan fingerprint density at radius 1 is 1.24 bits per heavy atom. The Hall–Kier alpha value is -3.34. The number of benzene rings is 2. The molecule has 0 saturated heterocycles. The standard InChI is InChI=1S/C20H19N3O2/c1-2-12-25-19-5-3-4-18(13-19)22-20(24)17-8-6-16(7-9-17)14-23-11-10-21-15-23/h2-11,13,15H,1,12,14H2,(H,22,24). The van der Waals surface area contributed by atoms with E-state index in [-0.39, 0.29) is 5.91 Å². The number of hydrogen-bond acceptors (Lipinski definition) is 3. The van der Waals surface area contributed by atoms with Crippen molar-refractivity contribution in [1.29, 1.82) is 0 Å². The third-order valence-corrected chi connectivity index (χ3v) is 3.60. The molecule has 0 unspecified atom stereocenters. The third-order valence-electron chi connectivity index (χ3n) is 3.60. The molecule has 1 heterocycles. The minimum Gasteiger partial charge on any atom is -0.489 e. The lowest BCUT2D eigenvalue weighted by Gasteiger charge is -2.09. The Balaban J connectivity index is 1.64. The van der Waals surface area contributed by atoms with Gasteiger partial charge in [0, 0.05) is 36.3 Å². The smallest absolute Gasteiger partial charge is 0.255 e. The monoisotopic (exact) mass is 333 g/mol. The number of hydrogen-bond donors (Lipinski definition) is 1. The van der Waals surface area contributed by atoms with E-state index in [1.165, 1.54) is 0 Å². The molecule has 126 valence electrons. The maximum atomic E-state index is 12.4. The van der Waals surface area contributed by atoms with E-state index >= 15 is 0 Å². The van der Waals surface area contributed by atoms with Crippen LogP contribution in [-0.4, -0.2) is 22.1 Å². The molecule has 0 radical (unpaired) electrons. The summed E-state index contributed by atoms with van der Waals surface area (Å²) in [6, 6.07) is 14.8. The second-order valence-electron chi connectivity index (χ2n) is 5.51. The highest BCUT2D eigenvalue weighted by molar-refractivity contribution is 6.04. The zero-order chi connectivity index (χ0) is 17.5. The van der Waals surface area contributed by atoms with E-state index in [1.807, 2.05) is 53.2 Å². The van der Waals surface area contributed by atoms with Crippen LogP contribution in [0.2, 0.25) is 0 Å². The molecular weight excluding hydrogens is 314 g/mol. The van der Waals surface area contributed by atoms with Crippen molar-refractivity contribution in [2.75, 3.05) is 11.9 Å². The van der Waals surface area contributed by atoms with E-state index < -0.39 is 0 Å². The topological polar surface area (TPSA) is 56.1 Å². The van der Waals surface area contributed by atoms with Crippen molar-refractivity contribution in [1.82, 2.24) is 9.55 Å². The first-order valence-electron chi connectivity index (χ1n) is 7.94. The summed E-state index contributed by atoms with van der Waals surface area (Å²) in [7, 11) is 0. The Morgan fingerprint density at radius 2 is 2.08 bits per heavy atom. The molecule has 0 atom stereocenters. The molecule has 0 aliphatic rings. The summed E-state index contributed by atoms with van der Waals surface area (Å²) in [6.45, 7) is 4.77. The van der Waals surface area contributed by atoms with Crippen molar-refractivity contribution in [3.63, 3.8) is 0 Å². The van der Waals surface area contributed by atoms with Crippen molar-refractivity contribution in [2.24, 2.45) is 0 Å². The van der Waals surface area contributed by atoms with E-state index in [9.17, 15) is 4.79 Å². The Kier molecular flexibility index (Phi) is 5.26. The van der Waals surface area contributed by atoms with Gasteiger partial charge < -0.3 is 14.6 Å². The van der Waals surface area contributed by atoms with Gasteiger partial charge in [0.2, 0.25) is 0 Å². The second kappa shape index (κ2) is 7.97. The van der Waals surface area contributed by atoms with Crippen LogP contribution in [0.25, 0.3) is 0 Å². The summed E-state index contributed by atoms with van der Waals surface area (Å²) < 4.78 is 7.45. The molecule has 0 aliphatic carbocycles. The van der Waals surface area contributed by atoms with Gasteiger partial charge in [-0.2, -0.15) is 0 Å². The van der Waals surface area contributed by atoms with Crippen LogP contribution in [0.3, 0.4) is 0 Å². The van der Waals surface area contributed by atoms with Crippen LogP contribution in [0.4, 0.5) is 5.69 Å². The number of nitrogens with zero attached hydrogens (tertiary/aromatic N) is 2. The molecule has 1 aromatic heterocycles. The van der Waals surface area contributed by atoms with Crippen LogP contribution >= 0.6 is 0 Å². The fraction of sp³-hybridized carbons (Fsp3) is 0.100. The molecule has 0 saturated carbocycles. The average molecular weight is 333 g/mol. The number of amides is 1. The molecular formula is C20H19N3O2. The maximum Gasteiger partial charge on any atom is 0.255 e. The number of carbonyl (C=O) groups is 1. The van der Waals surface area contributed by atoms with E-state index in [4.69, 9.17) is 4.74 Å². The van der Waals surface area contributed by atoms with Crippen molar-refractivity contribution in [3.05, 3.63) is 91.0 Å². The van der Waals surface area contributed by atoms with Crippen LogP contribution in [0.1, 0.15) is 15.9 Å². The summed E-state index contributed by atoms with van der Waals surface area (Å²) in [5.41, 5.74) is 2.40. The largest absolute Gasteiger partial charge is 0.489 e. The number of carbonyl (C=O) groups excluding carboxylic acids is 1. The van der Waals surface area contributed by atoms with Crippen molar-refractivity contribution in [2.45, 2.75) is 6.54 Å². The van der Waals surface area contributed by atoms with Crippen LogP contribution in [0.15, 0.2) is 79.9 Å². The zero-order valence-electron chi connectivity index (χ0n) is 13.8. The van der Waals surface area contributed by atoms with E-state index in [1.54, 1.807) is 24.7 Å². The molecule has 5 heteroatoms. The van der Waals surface area contributed by atoms with Crippen molar-refractivity contribution >= 4 is 11.6 Å². The first kappa shape index (κ1) is 16.5. The predicted octanol–water partition coefficient (Wildman–Crippen LogP) is 3.75. The summed E-state index contributed by atoms with van der Waals surface area (Å²) >= 11 is 0. The lowest BCUT2D eigenvalue weighted by atomic mass is 10.1. The predicted molar refractivity (Wildman–Crippen MR) is 97.9 cm³/mol. The third kappa shape index (κ3) is 4.57. The molecule has 0 bridgehead atoms. The molecule has 2 aromatic carbocycles. The lowest BCUT2D eigenvalue weighted by molar-refractivity contribution is 0.102. The van der Waals surface area contributed by atoms with Crippen LogP contribution < -0.4 is 10.1 Å². The Labute approximate surface area is 146 Å². The quantitative estimate of drug-likeness (QED) is 0.670. The lowest BCUT2D eigenvalue weighted by Crippen LogP contribution is -2.12. The van der Waals surface area contributed by atoms with E-state index in [0.29, 0.717) is 23.6 Å². The van der Waals surface area contributed by atoms with Gasteiger partial charge in [0.05, 0.1) is 6.33 Å². The minimum absolute atomic E-state index is 0.157. The summed E-state index contributed by atoms with van der Waals surface area (Å²) in [5, 5.41) is 2.88. The van der Waals surface area contributed by atoms with Gasteiger partial charge in [-0.25, -0.2) is 4.98 Å². The SMILES string of the molecule is C=CCOc1cccc(NC(=O)c2ccc(Cn3ccnc3)cc2)c1. The number of nitrogens with one attached hydrogen (secondary N) is 1. The highest BCUT2D eigenvalue weighted by atomic mass is 16.5. The van der Waals surface area contributed by atoms with Gasteiger partial charge >= 0.3 is 0 Å². The molecule has 1 amide bonds. The highest BCUT2D eigenvalue weighted by Gasteiger charge is 2.07. The summed E-state index contributed by atoms with van der Waals surface area (Å²) in [5.74, 6) is 0.531. The molecule has 0 aliphatic heterocycles. The zero-order valence-corrected chi connectivity index (χ0v) is 13.8. The van der Waals surface area contributed by atoms with Crippen molar-refractivity contribution < 1.29 is 9.53 Å². The summed E-state index contributed by atoms with van der Waals surface area (Å²) in [4.78, 5) is 16.4. The number of aromatic nitrogens is 2. The minimum atomic E-state index is -0.157. The van der Waals surface area contributed by atoms with E-state index in [0.717, 1.165) is 12.1 Å². The second-order valence-corrected chi connectivity index (χ2v) is 5.51. The van der Waals surface area contributed by atoms with Gasteiger partial charge in [0.25, 0.3) is 5.91 Å². The van der Waals surface area contributed by atoms with Gasteiger partial charge in [-0.3, -0.25) is 4.79 Å². The number of rotatable bonds is 7. The number of anilines is 1. The van der Waals surface area contributed by atoms with Gasteiger partial charge in [-0.15, -0.1) is 0 Å². The first-order valence-corrected chi connectivity index (χ1v) is 7.94. The van der Waals surface area contributed by atoms with Crippen LogP contribution in [-0.2, 0) is 6.54 Å². The molecule has 3 aromatic rings. The summed E-state index contributed by atoms with van der Waals surface area (Å²) in [6.07, 6.45) is 7.09. The van der Waals surface area contributed by atoms with Crippen molar-refractivity contribution in [3.8, 4) is 5.75 Å². The fourth-order valence-corrected chi connectivity index (χ4v) is 2.37. The van der Waals surface area contributed by atoms with Gasteiger partial charge in [-0.1, -0.05) is 30.9 Å². The first-order chi connectivity index (χ1) is 12.2. The molecule has 3 rings (SSSR count). The normalized spacial score (nSPS) is 10.2. The van der Waals surface area contributed by atoms with Gasteiger partial charge in [-0.05, 0) is 29.8 Å². The Morgan fingerprint density at radius 3 is 2.80 bits per heavy atom. The highest BCUT2D eigenvalue weighted by Crippen LogP contribution is 2.18. The maximum absolute atomic E-state index is 12.4. The van der Waals surface area contributed by atoms with E-state index in [2.05, 4.69) is 16.9 Å².